The highest BCUT2D eigenvalue weighted by Gasteiger charge is 1.99. The Morgan fingerprint density at radius 2 is 2.16 bits per heavy atom. The van der Waals surface area contributed by atoms with E-state index < -0.39 is 0 Å². The Morgan fingerprint density at radius 3 is 2.89 bits per heavy atom. The molecule has 0 atom stereocenters. The zero-order valence-electron chi connectivity index (χ0n) is 12.4. The summed E-state index contributed by atoms with van der Waals surface area (Å²) < 4.78 is 5.31. The maximum absolute atomic E-state index is 5.31. The number of ether oxygens (including phenoxy) is 1. The van der Waals surface area contributed by atoms with Crippen LogP contribution < -0.4 is 5.32 Å². The minimum Gasteiger partial charge on any atom is -0.382 e. The molecule has 0 aliphatic rings. The summed E-state index contributed by atoms with van der Waals surface area (Å²) in [6.45, 7) is 8.23. The Kier molecular flexibility index (Phi) is 9.99. The fourth-order valence-electron chi connectivity index (χ4n) is 1.86. The van der Waals surface area contributed by atoms with Crippen LogP contribution in [0.25, 0.3) is 0 Å². The summed E-state index contributed by atoms with van der Waals surface area (Å²) in [5.41, 5.74) is 0. The minimum atomic E-state index is 0.836. The van der Waals surface area contributed by atoms with Crippen molar-refractivity contribution in [2.24, 2.45) is 0 Å². The Bertz CT molecular complexity index is 290. The quantitative estimate of drug-likeness (QED) is 0.597. The lowest BCUT2D eigenvalue weighted by atomic mass is 10.3. The van der Waals surface area contributed by atoms with Gasteiger partial charge >= 0.3 is 0 Å². The van der Waals surface area contributed by atoms with Crippen LogP contribution in [0.4, 0.5) is 0 Å². The Labute approximate surface area is 122 Å². The molecule has 110 valence electrons. The third-order valence-corrected chi connectivity index (χ3v) is 4.02. The molecule has 0 saturated carbocycles. The molecule has 1 aromatic rings. The molecule has 0 saturated heterocycles. The first-order valence-electron chi connectivity index (χ1n) is 7.32. The van der Waals surface area contributed by atoms with Crippen molar-refractivity contribution in [3.8, 4) is 0 Å². The van der Waals surface area contributed by atoms with Crippen molar-refractivity contribution in [1.29, 1.82) is 0 Å². The van der Waals surface area contributed by atoms with E-state index >= 15 is 0 Å². The average Bonchev–Trinajstić information content (AvgIpc) is 2.93. The van der Waals surface area contributed by atoms with Crippen molar-refractivity contribution in [2.45, 2.75) is 26.2 Å². The fourth-order valence-corrected chi connectivity index (χ4v) is 2.56. The highest BCUT2D eigenvalue weighted by atomic mass is 32.1. The maximum Gasteiger partial charge on any atom is 0.0466 e. The van der Waals surface area contributed by atoms with Gasteiger partial charge < -0.3 is 15.0 Å². The van der Waals surface area contributed by atoms with Gasteiger partial charge in [0.1, 0.15) is 0 Å². The lowest BCUT2D eigenvalue weighted by molar-refractivity contribution is 0.143. The van der Waals surface area contributed by atoms with Gasteiger partial charge in [0.15, 0.2) is 0 Å². The molecule has 0 aliphatic heterocycles. The van der Waals surface area contributed by atoms with Gasteiger partial charge in [-0.15, -0.1) is 11.3 Å². The number of rotatable bonds is 12. The summed E-state index contributed by atoms with van der Waals surface area (Å²) in [6, 6.07) is 4.35. The molecule has 0 fully saturated rings. The van der Waals surface area contributed by atoms with Gasteiger partial charge in [-0.2, -0.15) is 0 Å². The van der Waals surface area contributed by atoms with Gasteiger partial charge in [0.05, 0.1) is 0 Å². The van der Waals surface area contributed by atoms with E-state index in [1.54, 1.807) is 0 Å². The Morgan fingerprint density at radius 1 is 1.26 bits per heavy atom. The van der Waals surface area contributed by atoms with Gasteiger partial charge in [-0.3, -0.25) is 0 Å². The van der Waals surface area contributed by atoms with Crippen LogP contribution in [0.15, 0.2) is 17.5 Å². The SMILES string of the molecule is CCOCCCCNCCN(C)CCc1cccs1. The number of hydrogen-bond acceptors (Lipinski definition) is 4. The van der Waals surface area contributed by atoms with Crippen LogP contribution in [-0.2, 0) is 11.2 Å². The van der Waals surface area contributed by atoms with Crippen molar-refractivity contribution >= 4 is 11.3 Å². The molecule has 0 aromatic carbocycles. The summed E-state index contributed by atoms with van der Waals surface area (Å²) in [6.07, 6.45) is 3.54. The van der Waals surface area contributed by atoms with Crippen molar-refractivity contribution in [3.05, 3.63) is 22.4 Å². The first-order chi connectivity index (χ1) is 9.33. The van der Waals surface area contributed by atoms with E-state index in [0.717, 1.165) is 45.8 Å². The van der Waals surface area contributed by atoms with E-state index in [2.05, 4.69) is 34.8 Å². The number of nitrogens with one attached hydrogen (secondary N) is 1. The summed E-state index contributed by atoms with van der Waals surface area (Å²) in [4.78, 5) is 3.88. The first-order valence-corrected chi connectivity index (χ1v) is 8.20. The zero-order valence-corrected chi connectivity index (χ0v) is 13.2. The third kappa shape index (κ3) is 9.16. The predicted molar refractivity (Wildman–Crippen MR) is 84.1 cm³/mol. The van der Waals surface area contributed by atoms with Gasteiger partial charge in [0.25, 0.3) is 0 Å². The van der Waals surface area contributed by atoms with Gasteiger partial charge in [-0.1, -0.05) is 6.07 Å². The number of nitrogens with zero attached hydrogens (tertiary/aromatic N) is 1. The second kappa shape index (κ2) is 11.4. The number of likely N-dealkylation sites (N-methyl/N-ethyl adjacent to an activating group) is 1. The molecule has 4 heteroatoms. The van der Waals surface area contributed by atoms with Gasteiger partial charge in [0.2, 0.25) is 0 Å². The molecule has 0 spiro atoms. The number of hydrogen-bond donors (Lipinski definition) is 1. The van der Waals surface area contributed by atoms with Crippen molar-refractivity contribution in [3.63, 3.8) is 0 Å². The molecule has 1 N–H and O–H groups in total. The van der Waals surface area contributed by atoms with E-state index in [1.807, 2.05) is 18.3 Å². The van der Waals surface area contributed by atoms with Crippen LogP contribution in [0.5, 0.6) is 0 Å². The summed E-state index contributed by atoms with van der Waals surface area (Å²) in [5, 5.41) is 5.64. The van der Waals surface area contributed by atoms with Gasteiger partial charge in [-0.25, -0.2) is 0 Å². The smallest absolute Gasteiger partial charge is 0.0466 e. The largest absolute Gasteiger partial charge is 0.382 e. The van der Waals surface area contributed by atoms with Crippen molar-refractivity contribution < 1.29 is 4.74 Å². The van der Waals surface area contributed by atoms with Crippen molar-refractivity contribution in [1.82, 2.24) is 10.2 Å². The van der Waals surface area contributed by atoms with Crippen LogP contribution >= 0.6 is 11.3 Å². The van der Waals surface area contributed by atoms with E-state index in [9.17, 15) is 0 Å². The van der Waals surface area contributed by atoms with Crippen LogP contribution in [0.1, 0.15) is 24.6 Å². The molecule has 0 radical (unpaired) electrons. The highest BCUT2D eigenvalue weighted by Crippen LogP contribution is 2.09. The fraction of sp³-hybridized carbons (Fsp3) is 0.733. The van der Waals surface area contributed by atoms with Crippen LogP contribution in [0.2, 0.25) is 0 Å². The second-order valence-electron chi connectivity index (χ2n) is 4.79. The van der Waals surface area contributed by atoms with E-state index in [0.29, 0.717) is 0 Å². The summed E-state index contributed by atoms with van der Waals surface area (Å²) in [5.74, 6) is 0. The number of unbranched alkanes of at least 4 members (excludes halogenated alkanes) is 1. The minimum absolute atomic E-state index is 0.836. The molecule has 0 unspecified atom stereocenters. The first kappa shape index (κ1) is 16.6. The predicted octanol–water partition coefficient (Wildman–Crippen LogP) is 2.63. The van der Waals surface area contributed by atoms with Crippen LogP contribution in [-0.4, -0.2) is 51.3 Å². The molecule has 1 aromatic heterocycles. The second-order valence-corrected chi connectivity index (χ2v) is 5.82. The Balaban J connectivity index is 1.86. The lowest BCUT2D eigenvalue weighted by Gasteiger charge is -2.16. The lowest BCUT2D eigenvalue weighted by Crippen LogP contribution is -2.31. The molecule has 0 amide bonds. The molecule has 1 heterocycles. The highest BCUT2D eigenvalue weighted by molar-refractivity contribution is 7.09. The summed E-state index contributed by atoms with van der Waals surface area (Å²) in [7, 11) is 2.20. The van der Waals surface area contributed by atoms with E-state index in [-0.39, 0.29) is 0 Å². The summed E-state index contributed by atoms with van der Waals surface area (Å²) >= 11 is 1.85. The topological polar surface area (TPSA) is 24.5 Å². The molecule has 19 heavy (non-hydrogen) atoms. The number of thiophene rings is 1. The van der Waals surface area contributed by atoms with E-state index in [4.69, 9.17) is 4.74 Å². The molecule has 0 bridgehead atoms. The van der Waals surface area contributed by atoms with E-state index in [1.165, 1.54) is 17.7 Å². The monoisotopic (exact) mass is 284 g/mol. The van der Waals surface area contributed by atoms with Crippen molar-refractivity contribution in [2.75, 3.05) is 46.4 Å². The molecule has 1 rings (SSSR count). The molecule has 3 nitrogen and oxygen atoms in total. The van der Waals surface area contributed by atoms with Crippen LogP contribution in [0, 0.1) is 0 Å². The third-order valence-electron chi connectivity index (χ3n) is 3.09. The Hall–Kier alpha value is -0.420. The zero-order chi connectivity index (χ0) is 13.8. The van der Waals surface area contributed by atoms with Gasteiger partial charge in [0, 0.05) is 37.7 Å². The van der Waals surface area contributed by atoms with Crippen LogP contribution in [0.3, 0.4) is 0 Å². The molecular weight excluding hydrogens is 256 g/mol. The normalized spacial score (nSPS) is 11.3. The molecular formula is C15H28N2OS. The molecule has 0 aliphatic carbocycles. The maximum atomic E-state index is 5.31. The van der Waals surface area contributed by atoms with Gasteiger partial charge in [-0.05, 0) is 51.2 Å². The standard InChI is InChI=1S/C15H28N2OS/c1-3-18-13-5-4-9-16-10-12-17(2)11-8-15-7-6-14-19-15/h6-7,14,16H,3-5,8-13H2,1-2H3. The average molecular weight is 284 g/mol.